The molecule has 0 radical (unpaired) electrons. The summed E-state index contributed by atoms with van der Waals surface area (Å²) < 4.78 is 0. The van der Waals surface area contributed by atoms with Gasteiger partial charge < -0.3 is 0 Å². The Labute approximate surface area is 50.2 Å². The molecule has 0 aromatic carbocycles. The summed E-state index contributed by atoms with van der Waals surface area (Å²) in [5.74, 6) is 0.778. The van der Waals surface area contributed by atoms with Crippen molar-refractivity contribution in [2.75, 3.05) is 5.75 Å². The third kappa shape index (κ3) is 11.9. The average molecular weight is 82.1 g/mol. The van der Waals surface area contributed by atoms with Gasteiger partial charge in [0.1, 0.15) is 0 Å². The number of hydrogen-bond acceptors (Lipinski definition) is 1. The van der Waals surface area contributed by atoms with E-state index in [9.17, 15) is 0 Å². The quantitative estimate of drug-likeness (QED) is 0.265. The zero-order valence-corrected chi connectivity index (χ0v) is 3.33. The topological polar surface area (TPSA) is 0 Å². The van der Waals surface area contributed by atoms with Crippen molar-refractivity contribution in [1.82, 2.24) is 0 Å². The van der Waals surface area contributed by atoms with Gasteiger partial charge in [-0.3, -0.25) is 0 Å². The molecule has 0 spiro atoms. The van der Waals surface area contributed by atoms with Gasteiger partial charge in [-0.2, -0.15) is 12.6 Å². The van der Waals surface area contributed by atoms with Gasteiger partial charge in [-0.15, -0.1) is 6.58 Å². The van der Waals surface area contributed by atoms with E-state index in [4.69, 9.17) is 0 Å². The minimum atomic E-state index is 0. The Bertz CT molecular complexity index is 20.9. The number of thiol groups is 1. The van der Waals surface area contributed by atoms with Crippen LogP contribution >= 0.6 is 12.6 Å². The van der Waals surface area contributed by atoms with Crippen LogP contribution in [0.15, 0.2) is 12.7 Å². The Kier molecular flexibility index (Phi) is 16.2. The fourth-order valence-electron chi connectivity index (χ4n) is 0. The van der Waals surface area contributed by atoms with Crippen molar-refractivity contribution in [3.05, 3.63) is 12.7 Å². The second-order valence-electron chi connectivity index (χ2n) is 0.471. The molecule has 0 N–H and O–H groups in total. The molecule has 0 fully saturated rings. The maximum atomic E-state index is 3.80. The van der Waals surface area contributed by atoms with Crippen LogP contribution in [0.25, 0.3) is 0 Å². The second-order valence-corrected chi connectivity index (χ2v) is 0.836. The van der Waals surface area contributed by atoms with Crippen LogP contribution in [0.2, 0.25) is 0 Å². The van der Waals surface area contributed by atoms with E-state index in [1.54, 1.807) is 6.08 Å². The predicted molar refractivity (Wildman–Crippen MR) is 31.2 cm³/mol. The standard InChI is InChI=1S/C3H6S.Li.H/c1-2-3-4;;/h2,4H,1,3H2;;. The molecule has 0 atom stereocenters. The van der Waals surface area contributed by atoms with Gasteiger partial charge in [-0.25, -0.2) is 0 Å². The summed E-state index contributed by atoms with van der Waals surface area (Å²) in [6.07, 6.45) is 1.74. The van der Waals surface area contributed by atoms with Gasteiger partial charge in [0, 0.05) is 5.75 Å². The molecular formula is C3H7LiS. The molecule has 0 aromatic heterocycles. The molecule has 0 unspecified atom stereocenters. The first kappa shape index (κ1) is 9.19. The molecular weight excluding hydrogens is 75.0 g/mol. The van der Waals surface area contributed by atoms with Crippen LogP contribution in [-0.4, -0.2) is 24.6 Å². The van der Waals surface area contributed by atoms with Crippen LogP contribution in [0, 0.1) is 0 Å². The summed E-state index contributed by atoms with van der Waals surface area (Å²) >= 11 is 3.80. The zero-order valence-electron chi connectivity index (χ0n) is 2.44. The molecule has 5 heavy (non-hydrogen) atoms. The summed E-state index contributed by atoms with van der Waals surface area (Å²) in [6.45, 7) is 3.40. The van der Waals surface area contributed by atoms with E-state index in [1.165, 1.54) is 0 Å². The van der Waals surface area contributed by atoms with Crippen LogP contribution in [-0.2, 0) is 0 Å². The summed E-state index contributed by atoms with van der Waals surface area (Å²) in [5, 5.41) is 0. The monoisotopic (exact) mass is 82.0 g/mol. The summed E-state index contributed by atoms with van der Waals surface area (Å²) in [6, 6.07) is 0. The van der Waals surface area contributed by atoms with E-state index in [0.717, 1.165) is 5.75 Å². The van der Waals surface area contributed by atoms with E-state index >= 15 is 0 Å². The Balaban J connectivity index is 0. The Morgan fingerprint density at radius 1 is 1.80 bits per heavy atom. The number of rotatable bonds is 1. The average Bonchev–Trinajstić information content (AvgIpc) is 1.37. The molecule has 0 saturated heterocycles. The van der Waals surface area contributed by atoms with Crippen LogP contribution in [0.4, 0.5) is 0 Å². The molecule has 0 aliphatic carbocycles. The number of hydrogen-bond donors (Lipinski definition) is 1. The van der Waals surface area contributed by atoms with E-state index in [-0.39, 0.29) is 18.9 Å². The van der Waals surface area contributed by atoms with Crippen LogP contribution in [0.5, 0.6) is 0 Å². The minimum absolute atomic E-state index is 0. The van der Waals surface area contributed by atoms with Gasteiger partial charge in [0.25, 0.3) is 0 Å². The van der Waals surface area contributed by atoms with Crippen molar-refractivity contribution in [2.24, 2.45) is 0 Å². The van der Waals surface area contributed by atoms with Gasteiger partial charge in [-0.1, -0.05) is 6.08 Å². The van der Waals surface area contributed by atoms with Crippen molar-refractivity contribution in [3.8, 4) is 0 Å². The van der Waals surface area contributed by atoms with Gasteiger partial charge in [-0.05, 0) is 0 Å². The first-order chi connectivity index (χ1) is 1.91. The molecule has 0 saturated carbocycles. The fraction of sp³-hybridized carbons (Fsp3) is 0.333. The van der Waals surface area contributed by atoms with Crippen molar-refractivity contribution < 1.29 is 0 Å². The maximum absolute atomic E-state index is 3.80. The van der Waals surface area contributed by atoms with Gasteiger partial charge in [0.2, 0.25) is 0 Å². The molecule has 26 valence electrons. The molecule has 0 heterocycles. The summed E-state index contributed by atoms with van der Waals surface area (Å²) in [4.78, 5) is 0. The SMILES string of the molecule is C=CCS.[LiH]. The second kappa shape index (κ2) is 8.82. The fourth-order valence-corrected chi connectivity index (χ4v) is 0. The molecule has 0 aliphatic rings. The van der Waals surface area contributed by atoms with Gasteiger partial charge in [0.15, 0.2) is 0 Å². The summed E-state index contributed by atoms with van der Waals surface area (Å²) in [7, 11) is 0. The van der Waals surface area contributed by atoms with Gasteiger partial charge >= 0.3 is 18.9 Å². The van der Waals surface area contributed by atoms with E-state index < -0.39 is 0 Å². The van der Waals surface area contributed by atoms with Crippen molar-refractivity contribution in [1.29, 1.82) is 0 Å². The molecule has 0 aromatic rings. The summed E-state index contributed by atoms with van der Waals surface area (Å²) in [5.41, 5.74) is 0. The third-order valence-electron chi connectivity index (χ3n) is 0.129. The molecule has 2 heteroatoms. The van der Waals surface area contributed by atoms with E-state index in [0.29, 0.717) is 0 Å². The normalized spacial score (nSPS) is 5.00. The first-order valence-corrected chi connectivity index (χ1v) is 1.77. The van der Waals surface area contributed by atoms with Crippen molar-refractivity contribution >= 4 is 31.5 Å². The third-order valence-corrected chi connectivity index (χ3v) is 0.387. The van der Waals surface area contributed by atoms with Crippen LogP contribution in [0.1, 0.15) is 0 Å². The zero-order chi connectivity index (χ0) is 3.41. The molecule has 0 rings (SSSR count). The first-order valence-electron chi connectivity index (χ1n) is 1.13. The van der Waals surface area contributed by atoms with Crippen molar-refractivity contribution in [3.63, 3.8) is 0 Å². The van der Waals surface area contributed by atoms with E-state index in [1.807, 2.05) is 0 Å². The Morgan fingerprint density at radius 3 is 2.00 bits per heavy atom. The van der Waals surface area contributed by atoms with E-state index in [2.05, 4.69) is 19.2 Å². The Hall–Kier alpha value is 0.687. The van der Waals surface area contributed by atoms with Crippen LogP contribution < -0.4 is 0 Å². The molecule has 0 nitrogen and oxygen atoms in total. The molecule has 0 aliphatic heterocycles. The van der Waals surface area contributed by atoms with Gasteiger partial charge in [0.05, 0.1) is 0 Å². The Morgan fingerprint density at radius 2 is 2.00 bits per heavy atom. The van der Waals surface area contributed by atoms with Crippen LogP contribution in [0.3, 0.4) is 0 Å². The van der Waals surface area contributed by atoms with Crippen molar-refractivity contribution in [2.45, 2.75) is 0 Å². The predicted octanol–water partition coefficient (Wildman–Crippen LogP) is 0.454. The molecule has 0 bridgehead atoms. The molecule has 0 amide bonds.